The zero-order chi connectivity index (χ0) is 12.5. The van der Waals surface area contributed by atoms with Crippen LogP contribution in [0.5, 0.6) is 0 Å². The first-order chi connectivity index (χ1) is 8.75. The van der Waals surface area contributed by atoms with Gasteiger partial charge in [0, 0.05) is 19.1 Å². The molecule has 0 radical (unpaired) electrons. The van der Waals surface area contributed by atoms with Crippen molar-refractivity contribution in [3.05, 3.63) is 21.7 Å². The molecule has 2 N–H and O–H groups in total. The molecule has 6 heteroatoms. The van der Waals surface area contributed by atoms with Gasteiger partial charge in [0.25, 0.3) is 5.56 Å². The van der Waals surface area contributed by atoms with E-state index in [2.05, 4.69) is 20.2 Å². The average Bonchev–Trinajstić information content (AvgIpc) is 2.41. The molecule has 2 unspecified atom stereocenters. The van der Waals surface area contributed by atoms with Gasteiger partial charge < -0.3 is 15.2 Å². The van der Waals surface area contributed by atoms with Crippen LogP contribution in [0.15, 0.2) is 11.1 Å². The highest BCUT2D eigenvalue weighted by Gasteiger charge is 2.32. The lowest BCUT2D eigenvalue weighted by molar-refractivity contribution is 0.244. The van der Waals surface area contributed by atoms with Gasteiger partial charge in [0.2, 0.25) is 0 Å². The molecule has 1 aromatic rings. The van der Waals surface area contributed by atoms with Crippen LogP contribution in [-0.4, -0.2) is 35.6 Å². The molecule has 3 heterocycles. The largest absolute Gasteiger partial charge is 0.355 e. The monoisotopic (exact) mass is 268 g/mol. The van der Waals surface area contributed by atoms with Gasteiger partial charge in [-0.3, -0.25) is 4.79 Å². The predicted octanol–water partition coefficient (Wildman–Crippen LogP) is 1.00. The lowest BCUT2D eigenvalue weighted by Crippen LogP contribution is -2.52. The minimum atomic E-state index is -0.259. The summed E-state index contributed by atoms with van der Waals surface area (Å²) in [5.74, 6) is 1.27. The smallest absolute Gasteiger partial charge is 0.271 e. The lowest BCUT2D eigenvalue weighted by Gasteiger charge is -2.42. The van der Waals surface area contributed by atoms with Crippen molar-refractivity contribution in [3.8, 4) is 0 Å². The summed E-state index contributed by atoms with van der Waals surface area (Å²) < 4.78 is 0. The number of piperidine rings is 2. The number of H-pyrrole nitrogens is 1. The average molecular weight is 269 g/mol. The van der Waals surface area contributed by atoms with Crippen LogP contribution in [0.3, 0.4) is 0 Å². The normalized spacial score (nSPS) is 27.9. The van der Waals surface area contributed by atoms with Crippen LogP contribution in [0.2, 0.25) is 5.02 Å². The van der Waals surface area contributed by atoms with Crippen molar-refractivity contribution in [2.24, 2.45) is 5.92 Å². The Morgan fingerprint density at radius 3 is 3.22 bits per heavy atom. The van der Waals surface area contributed by atoms with E-state index in [9.17, 15) is 4.79 Å². The number of fused-ring (bicyclic) bond motifs is 1. The van der Waals surface area contributed by atoms with Gasteiger partial charge in [0.15, 0.2) is 5.82 Å². The van der Waals surface area contributed by atoms with Crippen LogP contribution in [0.1, 0.15) is 19.3 Å². The molecule has 0 aliphatic carbocycles. The van der Waals surface area contributed by atoms with Gasteiger partial charge in [-0.2, -0.15) is 0 Å². The first-order valence-electron chi connectivity index (χ1n) is 6.47. The first-order valence-corrected chi connectivity index (χ1v) is 6.85. The fourth-order valence-electron chi connectivity index (χ4n) is 3.03. The SMILES string of the molecule is O=c1[nH]cnc(N2CCC3NCCCC3C2)c1Cl. The Morgan fingerprint density at radius 1 is 1.44 bits per heavy atom. The topological polar surface area (TPSA) is 61.0 Å². The summed E-state index contributed by atoms with van der Waals surface area (Å²) in [6.45, 7) is 2.98. The fourth-order valence-corrected chi connectivity index (χ4v) is 3.25. The quantitative estimate of drug-likeness (QED) is 0.798. The van der Waals surface area contributed by atoms with E-state index in [0.29, 0.717) is 17.8 Å². The van der Waals surface area contributed by atoms with Crippen LogP contribution in [0.4, 0.5) is 5.82 Å². The third kappa shape index (κ3) is 2.12. The molecule has 0 saturated carbocycles. The van der Waals surface area contributed by atoms with E-state index < -0.39 is 0 Å². The van der Waals surface area contributed by atoms with Gasteiger partial charge in [0.1, 0.15) is 5.02 Å². The molecule has 3 rings (SSSR count). The van der Waals surface area contributed by atoms with E-state index in [1.54, 1.807) is 0 Å². The van der Waals surface area contributed by atoms with Gasteiger partial charge in [-0.15, -0.1) is 0 Å². The van der Waals surface area contributed by atoms with E-state index >= 15 is 0 Å². The van der Waals surface area contributed by atoms with Crippen molar-refractivity contribution in [1.82, 2.24) is 15.3 Å². The molecule has 0 bridgehead atoms. The van der Waals surface area contributed by atoms with E-state index in [4.69, 9.17) is 11.6 Å². The molecule has 2 fully saturated rings. The predicted molar refractivity (Wildman–Crippen MR) is 71.2 cm³/mol. The molecule has 98 valence electrons. The Kier molecular flexibility index (Phi) is 3.26. The van der Waals surface area contributed by atoms with Crippen molar-refractivity contribution in [2.75, 3.05) is 24.5 Å². The molecular formula is C12H17ClN4O. The number of anilines is 1. The minimum absolute atomic E-state index is 0.208. The second-order valence-corrected chi connectivity index (χ2v) is 5.44. The van der Waals surface area contributed by atoms with Gasteiger partial charge in [-0.25, -0.2) is 4.98 Å². The van der Waals surface area contributed by atoms with Gasteiger partial charge >= 0.3 is 0 Å². The van der Waals surface area contributed by atoms with Crippen LogP contribution < -0.4 is 15.8 Å². The van der Waals surface area contributed by atoms with Crippen LogP contribution in [-0.2, 0) is 0 Å². The highest BCUT2D eigenvalue weighted by Crippen LogP contribution is 2.29. The van der Waals surface area contributed by atoms with Crippen LogP contribution in [0, 0.1) is 5.92 Å². The van der Waals surface area contributed by atoms with E-state index in [-0.39, 0.29) is 10.6 Å². The number of rotatable bonds is 1. The van der Waals surface area contributed by atoms with Crippen molar-refractivity contribution < 1.29 is 0 Å². The molecule has 2 atom stereocenters. The van der Waals surface area contributed by atoms with Crippen molar-refractivity contribution >= 4 is 17.4 Å². The number of halogens is 1. The highest BCUT2D eigenvalue weighted by molar-refractivity contribution is 6.32. The van der Waals surface area contributed by atoms with Crippen LogP contribution >= 0.6 is 11.6 Å². The molecule has 18 heavy (non-hydrogen) atoms. The second kappa shape index (κ2) is 4.90. The number of aromatic nitrogens is 2. The highest BCUT2D eigenvalue weighted by atomic mass is 35.5. The molecule has 2 aliphatic rings. The fraction of sp³-hybridized carbons (Fsp3) is 0.667. The summed E-state index contributed by atoms with van der Waals surface area (Å²) in [6.07, 6.45) is 4.99. The Labute approximate surface area is 111 Å². The van der Waals surface area contributed by atoms with Crippen molar-refractivity contribution in [1.29, 1.82) is 0 Å². The van der Waals surface area contributed by atoms with Crippen LogP contribution in [0.25, 0.3) is 0 Å². The van der Waals surface area contributed by atoms with Crippen molar-refractivity contribution in [3.63, 3.8) is 0 Å². The summed E-state index contributed by atoms with van der Waals surface area (Å²) >= 11 is 6.04. The first kappa shape index (κ1) is 12.0. The molecule has 5 nitrogen and oxygen atoms in total. The lowest BCUT2D eigenvalue weighted by atomic mass is 9.85. The third-order valence-electron chi connectivity index (χ3n) is 3.97. The number of nitrogens with one attached hydrogen (secondary N) is 2. The summed E-state index contributed by atoms with van der Waals surface area (Å²) in [7, 11) is 0. The van der Waals surface area contributed by atoms with Crippen molar-refractivity contribution in [2.45, 2.75) is 25.3 Å². The summed E-state index contributed by atoms with van der Waals surface area (Å²) in [5.41, 5.74) is -0.259. The standard InChI is InChI=1S/C12H17ClN4O/c13-10-11(15-7-16-12(10)18)17-5-3-9-8(6-17)2-1-4-14-9/h7-9,14H,1-6H2,(H,15,16,18). The molecule has 0 spiro atoms. The Morgan fingerprint density at radius 2 is 2.33 bits per heavy atom. The molecule has 0 aromatic carbocycles. The maximum atomic E-state index is 11.5. The van der Waals surface area contributed by atoms with Gasteiger partial charge in [0.05, 0.1) is 6.33 Å². The molecule has 2 saturated heterocycles. The Balaban J connectivity index is 1.81. The Bertz CT molecular complexity index is 489. The molecular weight excluding hydrogens is 252 g/mol. The maximum absolute atomic E-state index is 11.5. The van der Waals surface area contributed by atoms with Gasteiger partial charge in [-0.05, 0) is 31.7 Å². The Hall–Kier alpha value is -1.07. The minimum Gasteiger partial charge on any atom is -0.355 e. The molecule has 1 aromatic heterocycles. The molecule has 0 amide bonds. The third-order valence-corrected chi connectivity index (χ3v) is 4.31. The van der Waals surface area contributed by atoms with E-state index in [0.717, 1.165) is 26.1 Å². The molecule has 2 aliphatic heterocycles. The zero-order valence-electron chi connectivity index (χ0n) is 10.2. The maximum Gasteiger partial charge on any atom is 0.271 e. The number of hydrogen-bond donors (Lipinski definition) is 2. The van der Waals surface area contributed by atoms with E-state index in [1.165, 1.54) is 19.2 Å². The second-order valence-electron chi connectivity index (χ2n) is 5.07. The summed E-state index contributed by atoms with van der Waals surface area (Å²) in [4.78, 5) is 20.4. The summed E-state index contributed by atoms with van der Waals surface area (Å²) in [6, 6.07) is 0.621. The summed E-state index contributed by atoms with van der Waals surface area (Å²) in [5, 5.41) is 3.78. The van der Waals surface area contributed by atoms with E-state index in [1.807, 2.05) is 0 Å². The van der Waals surface area contributed by atoms with Gasteiger partial charge in [-0.1, -0.05) is 11.6 Å². The zero-order valence-corrected chi connectivity index (χ0v) is 10.9. The number of hydrogen-bond acceptors (Lipinski definition) is 4. The number of nitrogens with zero attached hydrogens (tertiary/aromatic N) is 2. The number of aromatic amines is 1.